The lowest BCUT2D eigenvalue weighted by atomic mass is 9.97. The van der Waals surface area contributed by atoms with Gasteiger partial charge in [-0.25, -0.2) is 26.9 Å². The summed E-state index contributed by atoms with van der Waals surface area (Å²) in [7, 11) is -4.00. The molecule has 6 nitrogen and oxygen atoms in total. The van der Waals surface area contributed by atoms with E-state index in [1.165, 1.54) is 0 Å². The summed E-state index contributed by atoms with van der Waals surface area (Å²) in [5.41, 5.74) is 0. The van der Waals surface area contributed by atoms with Crippen molar-refractivity contribution in [2.24, 2.45) is 5.92 Å². The van der Waals surface area contributed by atoms with Crippen molar-refractivity contribution < 1.29 is 17.2 Å². The molecule has 9 heteroatoms. The van der Waals surface area contributed by atoms with E-state index in [2.05, 4.69) is 19.6 Å². The Morgan fingerprint density at radius 2 is 1.96 bits per heavy atom. The first kappa shape index (κ1) is 17.7. The van der Waals surface area contributed by atoms with E-state index < -0.39 is 26.6 Å². The number of nitrogens with one attached hydrogen (secondary N) is 1. The van der Waals surface area contributed by atoms with Crippen LogP contribution in [0.25, 0.3) is 0 Å². The summed E-state index contributed by atoms with van der Waals surface area (Å²) in [4.78, 5) is 9.84. The molecule has 2 heterocycles. The van der Waals surface area contributed by atoms with Crippen LogP contribution in [-0.2, 0) is 10.0 Å². The Labute approximate surface area is 145 Å². The molecule has 0 unspecified atom stereocenters. The molecular formula is C16H18F2N4O2S. The van der Waals surface area contributed by atoms with Crippen LogP contribution in [0.3, 0.4) is 0 Å². The van der Waals surface area contributed by atoms with Gasteiger partial charge in [-0.05, 0) is 30.9 Å². The maximum Gasteiger partial charge on any atom is 0.243 e. The van der Waals surface area contributed by atoms with Gasteiger partial charge in [-0.2, -0.15) is 0 Å². The minimum Gasteiger partial charge on any atom is -0.355 e. The predicted octanol–water partition coefficient (Wildman–Crippen LogP) is 1.95. The maximum atomic E-state index is 13.7. The van der Waals surface area contributed by atoms with Gasteiger partial charge < -0.3 is 4.90 Å². The average molecular weight is 368 g/mol. The summed E-state index contributed by atoms with van der Waals surface area (Å²) < 4.78 is 53.4. The summed E-state index contributed by atoms with van der Waals surface area (Å²) in [6.07, 6.45) is 6.50. The molecule has 3 rings (SSSR count). The lowest BCUT2D eigenvalue weighted by molar-refractivity contribution is 0.400. The fourth-order valence-corrected chi connectivity index (χ4v) is 3.99. The van der Waals surface area contributed by atoms with E-state index in [1.807, 2.05) is 0 Å². The lowest BCUT2D eigenvalue weighted by Gasteiger charge is -2.32. The molecule has 1 aromatic heterocycles. The van der Waals surface area contributed by atoms with Gasteiger partial charge in [0.1, 0.15) is 22.3 Å². The summed E-state index contributed by atoms with van der Waals surface area (Å²) in [5.74, 6) is -0.959. The third-order valence-electron chi connectivity index (χ3n) is 4.23. The van der Waals surface area contributed by atoms with Crippen LogP contribution in [0.15, 0.2) is 41.7 Å². The number of rotatable bonds is 5. The highest BCUT2D eigenvalue weighted by atomic mass is 32.2. The molecule has 1 N–H and O–H groups in total. The Kier molecular flexibility index (Phi) is 5.24. The lowest BCUT2D eigenvalue weighted by Crippen LogP contribution is -2.39. The first-order valence-corrected chi connectivity index (χ1v) is 9.40. The van der Waals surface area contributed by atoms with Crippen LogP contribution >= 0.6 is 0 Å². The minimum absolute atomic E-state index is 0.145. The van der Waals surface area contributed by atoms with Crippen LogP contribution in [0.1, 0.15) is 12.8 Å². The number of sulfonamides is 1. The molecule has 1 saturated heterocycles. The van der Waals surface area contributed by atoms with Gasteiger partial charge in [0.05, 0.1) is 6.20 Å². The molecule has 0 amide bonds. The van der Waals surface area contributed by atoms with Crippen molar-refractivity contribution in [3.63, 3.8) is 0 Å². The highest BCUT2D eigenvalue weighted by molar-refractivity contribution is 7.89. The Balaban J connectivity index is 1.56. The van der Waals surface area contributed by atoms with Crippen molar-refractivity contribution in [1.82, 2.24) is 14.7 Å². The normalized spacial score (nSPS) is 16.2. The van der Waals surface area contributed by atoms with Crippen molar-refractivity contribution in [2.75, 3.05) is 24.5 Å². The zero-order valence-corrected chi connectivity index (χ0v) is 14.2. The number of nitrogens with zero attached hydrogens (tertiary/aromatic N) is 3. The molecule has 0 saturated carbocycles. The van der Waals surface area contributed by atoms with Crippen molar-refractivity contribution in [3.05, 3.63) is 48.4 Å². The summed E-state index contributed by atoms with van der Waals surface area (Å²) in [6, 6.07) is 2.43. The Bertz CT molecular complexity index is 825. The second kappa shape index (κ2) is 7.40. The van der Waals surface area contributed by atoms with Gasteiger partial charge in [0.25, 0.3) is 0 Å². The average Bonchev–Trinajstić information content (AvgIpc) is 2.61. The van der Waals surface area contributed by atoms with Gasteiger partial charge in [-0.15, -0.1) is 0 Å². The van der Waals surface area contributed by atoms with Crippen LogP contribution < -0.4 is 9.62 Å². The fraction of sp³-hybridized carbons (Fsp3) is 0.375. The highest BCUT2D eigenvalue weighted by Gasteiger charge is 2.24. The van der Waals surface area contributed by atoms with Crippen LogP contribution in [0.5, 0.6) is 0 Å². The third-order valence-corrected chi connectivity index (χ3v) is 5.69. The number of piperidine rings is 1. The van der Waals surface area contributed by atoms with E-state index in [0.717, 1.165) is 43.9 Å². The zero-order chi connectivity index (χ0) is 17.9. The molecule has 0 aliphatic carbocycles. The summed E-state index contributed by atoms with van der Waals surface area (Å²) >= 11 is 0. The molecule has 1 aromatic carbocycles. The van der Waals surface area contributed by atoms with Crippen molar-refractivity contribution in [1.29, 1.82) is 0 Å². The van der Waals surface area contributed by atoms with Crippen LogP contribution in [-0.4, -0.2) is 38.0 Å². The number of anilines is 1. The topological polar surface area (TPSA) is 75.2 Å². The van der Waals surface area contributed by atoms with Crippen LogP contribution in [0, 0.1) is 17.6 Å². The van der Waals surface area contributed by atoms with E-state index in [1.54, 1.807) is 18.6 Å². The van der Waals surface area contributed by atoms with Crippen LogP contribution in [0.2, 0.25) is 0 Å². The molecule has 1 fully saturated rings. The Morgan fingerprint density at radius 3 is 2.60 bits per heavy atom. The van der Waals surface area contributed by atoms with E-state index in [-0.39, 0.29) is 12.5 Å². The molecule has 0 radical (unpaired) electrons. The van der Waals surface area contributed by atoms with Gasteiger partial charge in [0, 0.05) is 38.1 Å². The minimum atomic E-state index is -4.00. The van der Waals surface area contributed by atoms with E-state index in [4.69, 9.17) is 0 Å². The molecule has 2 aromatic rings. The second-order valence-electron chi connectivity index (χ2n) is 5.92. The molecule has 25 heavy (non-hydrogen) atoms. The zero-order valence-electron chi connectivity index (χ0n) is 13.4. The molecule has 0 bridgehead atoms. The standard InChI is InChI=1S/C16H18F2N4O2S/c17-13-1-2-15(14(18)9-13)25(23,24)21-10-12-3-7-22(8-4-12)16-11-19-5-6-20-16/h1-2,5-6,9,11-12,21H,3-4,7-8,10H2. The quantitative estimate of drug-likeness (QED) is 0.873. The Hall–Kier alpha value is -2.13. The maximum absolute atomic E-state index is 13.7. The van der Waals surface area contributed by atoms with Gasteiger partial charge >= 0.3 is 0 Å². The number of halogens is 2. The highest BCUT2D eigenvalue weighted by Crippen LogP contribution is 2.21. The first-order valence-electron chi connectivity index (χ1n) is 7.91. The van der Waals surface area contributed by atoms with Crippen molar-refractivity contribution >= 4 is 15.8 Å². The van der Waals surface area contributed by atoms with Gasteiger partial charge in [-0.1, -0.05) is 0 Å². The van der Waals surface area contributed by atoms with E-state index in [9.17, 15) is 17.2 Å². The van der Waals surface area contributed by atoms with Gasteiger partial charge in [-0.3, -0.25) is 4.98 Å². The SMILES string of the molecule is O=S(=O)(NCC1CCN(c2cnccn2)CC1)c1ccc(F)cc1F. The smallest absolute Gasteiger partial charge is 0.243 e. The number of benzene rings is 1. The number of aromatic nitrogens is 2. The van der Waals surface area contributed by atoms with Crippen molar-refractivity contribution in [2.45, 2.75) is 17.7 Å². The molecular weight excluding hydrogens is 350 g/mol. The molecule has 1 aliphatic heterocycles. The monoisotopic (exact) mass is 368 g/mol. The molecule has 0 spiro atoms. The van der Waals surface area contributed by atoms with Gasteiger partial charge in [0.2, 0.25) is 10.0 Å². The first-order chi connectivity index (χ1) is 12.0. The summed E-state index contributed by atoms with van der Waals surface area (Å²) in [5, 5.41) is 0. The van der Waals surface area contributed by atoms with Crippen LogP contribution in [0.4, 0.5) is 14.6 Å². The fourth-order valence-electron chi connectivity index (χ4n) is 2.82. The molecule has 0 atom stereocenters. The second-order valence-corrected chi connectivity index (χ2v) is 7.66. The van der Waals surface area contributed by atoms with Crippen molar-refractivity contribution in [3.8, 4) is 0 Å². The number of hydrogen-bond acceptors (Lipinski definition) is 5. The largest absolute Gasteiger partial charge is 0.355 e. The Morgan fingerprint density at radius 1 is 1.20 bits per heavy atom. The van der Waals surface area contributed by atoms with Gasteiger partial charge in [0.15, 0.2) is 0 Å². The predicted molar refractivity (Wildman–Crippen MR) is 88.5 cm³/mol. The number of hydrogen-bond donors (Lipinski definition) is 1. The van der Waals surface area contributed by atoms with E-state index >= 15 is 0 Å². The van der Waals surface area contributed by atoms with E-state index in [0.29, 0.717) is 6.07 Å². The molecule has 1 aliphatic rings. The molecule has 134 valence electrons. The third kappa shape index (κ3) is 4.29. The summed E-state index contributed by atoms with van der Waals surface area (Å²) in [6.45, 7) is 1.71.